The molecule has 114 valence electrons. The fraction of sp³-hybridized carbons (Fsp3) is 0.333. The Hall–Kier alpha value is -1.73. The lowest BCUT2D eigenvalue weighted by molar-refractivity contribution is 0.787. The molecule has 0 saturated carbocycles. The topological polar surface area (TPSA) is 60.2 Å². The molecule has 22 heavy (non-hydrogen) atoms. The summed E-state index contributed by atoms with van der Waals surface area (Å²) < 4.78 is 2.25. The van der Waals surface area contributed by atoms with E-state index in [0.29, 0.717) is 17.1 Å². The van der Waals surface area contributed by atoms with Crippen LogP contribution >= 0.6 is 23.1 Å². The monoisotopic (exact) mass is 332 g/mol. The van der Waals surface area contributed by atoms with E-state index in [2.05, 4.69) is 22.2 Å². The van der Waals surface area contributed by atoms with Crippen LogP contribution in [0, 0.1) is 0 Å². The van der Waals surface area contributed by atoms with Gasteiger partial charge in [0.15, 0.2) is 4.34 Å². The van der Waals surface area contributed by atoms with Gasteiger partial charge >= 0.3 is 0 Å². The van der Waals surface area contributed by atoms with Crippen LogP contribution in [0.3, 0.4) is 0 Å². The van der Waals surface area contributed by atoms with Crippen molar-refractivity contribution in [1.82, 2.24) is 19.8 Å². The Balaban J connectivity index is 1.87. The molecule has 3 aromatic rings. The molecular formula is C15H16N4OS2. The third-order valence-corrected chi connectivity index (χ3v) is 5.29. The van der Waals surface area contributed by atoms with Crippen LogP contribution in [0.15, 0.2) is 39.5 Å². The van der Waals surface area contributed by atoms with Crippen LogP contribution < -0.4 is 5.56 Å². The van der Waals surface area contributed by atoms with Gasteiger partial charge in [0.25, 0.3) is 5.56 Å². The maximum Gasteiger partial charge on any atom is 0.297 e. The summed E-state index contributed by atoms with van der Waals surface area (Å²) in [5.41, 5.74) is 1.30. The number of aromatic nitrogens is 4. The average Bonchev–Trinajstić information content (AvgIpc) is 2.95. The Bertz CT molecular complexity index is 813. The fourth-order valence-corrected chi connectivity index (χ4v) is 4.02. The highest BCUT2D eigenvalue weighted by molar-refractivity contribution is 8.01. The van der Waals surface area contributed by atoms with E-state index >= 15 is 0 Å². The van der Waals surface area contributed by atoms with Crippen molar-refractivity contribution in [1.29, 1.82) is 0 Å². The van der Waals surface area contributed by atoms with Gasteiger partial charge in [-0.3, -0.25) is 4.79 Å². The number of rotatable bonds is 6. The normalized spacial score (nSPS) is 11.1. The summed E-state index contributed by atoms with van der Waals surface area (Å²) in [7, 11) is 0. The molecule has 2 heterocycles. The molecule has 0 aliphatic rings. The standard InChI is InChI=1S/C15H16N4OS2/c1-2-3-9-21-15-18-19-13(20)12(16-17-14(19)22-15)10-11-7-5-4-6-8-11/h4-8H,2-3,9-10H2,1H3. The van der Waals surface area contributed by atoms with E-state index in [-0.39, 0.29) is 5.56 Å². The number of fused-ring (bicyclic) bond motifs is 1. The van der Waals surface area contributed by atoms with Crippen molar-refractivity contribution in [2.45, 2.75) is 30.5 Å². The smallest absolute Gasteiger partial charge is 0.265 e. The van der Waals surface area contributed by atoms with Gasteiger partial charge in [0, 0.05) is 12.2 Å². The van der Waals surface area contributed by atoms with Crippen molar-refractivity contribution >= 4 is 28.1 Å². The third-order valence-electron chi connectivity index (χ3n) is 3.17. The van der Waals surface area contributed by atoms with E-state index in [4.69, 9.17) is 0 Å². The zero-order valence-corrected chi connectivity index (χ0v) is 13.9. The summed E-state index contributed by atoms with van der Waals surface area (Å²) in [6, 6.07) is 9.80. The Kier molecular flexibility index (Phi) is 4.84. The van der Waals surface area contributed by atoms with E-state index in [9.17, 15) is 4.79 Å². The molecule has 7 heteroatoms. The Morgan fingerprint density at radius 3 is 2.82 bits per heavy atom. The number of hydrogen-bond donors (Lipinski definition) is 0. The maximum absolute atomic E-state index is 12.5. The number of thioether (sulfide) groups is 1. The van der Waals surface area contributed by atoms with Gasteiger partial charge < -0.3 is 0 Å². The van der Waals surface area contributed by atoms with Crippen molar-refractivity contribution in [3.05, 3.63) is 51.9 Å². The third kappa shape index (κ3) is 3.36. The fourth-order valence-electron chi connectivity index (χ4n) is 1.99. The van der Waals surface area contributed by atoms with Gasteiger partial charge in [0.05, 0.1) is 0 Å². The molecular weight excluding hydrogens is 316 g/mol. The highest BCUT2D eigenvalue weighted by Crippen LogP contribution is 2.23. The lowest BCUT2D eigenvalue weighted by Gasteiger charge is -1.99. The number of benzene rings is 1. The molecule has 5 nitrogen and oxygen atoms in total. The van der Waals surface area contributed by atoms with Gasteiger partial charge in [-0.15, -0.1) is 15.3 Å². The predicted molar refractivity (Wildman–Crippen MR) is 89.8 cm³/mol. The average molecular weight is 332 g/mol. The Morgan fingerprint density at radius 2 is 2.05 bits per heavy atom. The summed E-state index contributed by atoms with van der Waals surface area (Å²) >= 11 is 3.09. The lowest BCUT2D eigenvalue weighted by Crippen LogP contribution is -2.22. The van der Waals surface area contributed by atoms with E-state index in [1.54, 1.807) is 11.8 Å². The molecule has 0 radical (unpaired) electrons. The van der Waals surface area contributed by atoms with E-state index in [1.165, 1.54) is 15.9 Å². The van der Waals surface area contributed by atoms with E-state index in [0.717, 1.165) is 28.5 Å². The minimum atomic E-state index is -0.174. The molecule has 0 aliphatic carbocycles. The molecule has 0 N–H and O–H groups in total. The lowest BCUT2D eigenvalue weighted by atomic mass is 10.1. The first-order chi connectivity index (χ1) is 10.8. The molecule has 3 rings (SSSR count). The first kappa shape index (κ1) is 15.2. The van der Waals surface area contributed by atoms with Crippen LogP contribution in [0.2, 0.25) is 0 Å². The van der Waals surface area contributed by atoms with Crippen LogP contribution in [-0.2, 0) is 6.42 Å². The summed E-state index contributed by atoms with van der Waals surface area (Å²) in [6.45, 7) is 2.16. The quantitative estimate of drug-likeness (QED) is 0.513. The van der Waals surface area contributed by atoms with Crippen molar-refractivity contribution in [2.75, 3.05) is 5.75 Å². The number of nitrogens with zero attached hydrogens (tertiary/aromatic N) is 4. The number of hydrogen-bond acceptors (Lipinski definition) is 6. The van der Waals surface area contributed by atoms with Crippen LogP contribution in [-0.4, -0.2) is 25.6 Å². The summed E-state index contributed by atoms with van der Waals surface area (Å²) in [5, 5.41) is 12.6. The zero-order chi connectivity index (χ0) is 15.4. The highest BCUT2D eigenvalue weighted by atomic mass is 32.2. The van der Waals surface area contributed by atoms with Gasteiger partial charge in [-0.2, -0.15) is 4.52 Å². The molecule has 0 fully saturated rings. The molecule has 0 aliphatic heterocycles. The highest BCUT2D eigenvalue weighted by Gasteiger charge is 2.12. The zero-order valence-electron chi connectivity index (χ0n) is 12.2. The Morgan fingerprint density at radius 1 is 1.23 bits per heavy atom. The molecule has 1 aromatic carbocycles. The first-order valence-electron chi connectivity index (χ1n) is 7.20. The van der Waals surface area contributed by atoms with Crippen molar-refractivity contribution in [3.8, 4) is 0 Å². The van der Waals surface area contributed by atoms with Crippen LogP contribution in [0.25, 0.3) is 4.96 Å². The molecule has 0 amide bonds. The van der Waals surface area contributed by atoms with E-state index in [1.807, 2.05) is 30.3 Å². The van der Waals surface area contributed by atoms with Crippen LogP contribution in [0.5, 0.6) is 0 Å². The molecule has 0 atom stereocenters. The largest absolute Gasteiger partial charge is 0.297 e. The minimum Gasteiger partial charge on any atom is -0.265 e. The summed E-state index contributed by atoms with van der Waals surface area (Å²) in [4.78, 5) is 13.0. The van der Waals surface area contributed by atoms with E-state index < -0.39 is 0 Å². The minimum absolute atomic E-state index is 0.174. The summed E-state index contributed by atoms with van der Waals surface area (Å²) in [6.07, 6.45) is 2.77. The van der Waals surface area contributed by atoms with Crippen molar-refractivity contribution in [2.24, 2.45) is 0 Å². The molecule has 0 saturated heterocycles. The van der Waals surface area contributed by atoms with Gasteiger partial charge in [0.2, 0.25) is 4.96 Å². The van der Waals surface area contributed by atoms with Gasteiger partial charge in [-0.05, 0) is 12.0 Å². The summed E-state index contributed by atoms with van der Waals surface area (Å²) in [5.74, 6) is 1.01. The predicted octanol–water partition coefficient (Wildman–Crippen LogP) is 3.03. The van der Waals surface area contributed by atoms with Gasteiger partial charge in [-0.25, -0.2) is 0 Å². The molecule has 0 spiro atoms. The van der Waals surface area contributed by atoms with Crippen molar-refractivity contribution < 1.29 is 0 Å². The molecule has 0 bridgehead atoms. The van der Waals surface area contributed by atoms with Crippen molar-refractivity contribution in [3.63, 3.8) is 0 Å². The van der Waals surface area contributed by atoms with Gasteiger partial charge in [-0.1, -0.05) is 66.8 Å². The Labute approximate surface area is 136 Å². The first-order valence-corrected chi connectivity index (χ1v) is 9.00. The van der Waals surface area contributed by atoms with Crippen LogP contribution in [0.1, 0.15) is 31.0 Å². The second-order valence-corrected chi connectivity index (χ2v) is 7.18. The second kappa shape index (κ2) is 7.02. The molecule has 0 unspecified atom stereocenters. The maximum atomic E-state index is 12.5. The van der Waals surface area contributed by atoms with Gasteiger partial charge in [0.1, 0.15) is 5.69 Å². The number of unbranched alkanes of at least 4 members (excludes halogenated alkanes) is 1. The SMILES string of the molecule is CCCCSc1nn2c(=O)c(Cc3ccccc3)nnc2s1. The molecule has 2 aromatic heterocycles. The van der Waals surface area contributed by atoms with Crippen LogP contribution in [0.4, 0.5) is 0 Å². The second-order valence-electron chi connectivity index (χ2n) is 4.88.